The van der Waals surface area contributed by atoms with Crippen molar-refractivity contribution in [3.63, 3.8) is 0 Å². The first kappa shape index (κ1) is 12.9. The van der Waals surface area contributed by atoms with Crippen molar-refractivity contribution in [2.75, 3.05) is 24.5 Å². The number of amides is 2. The van der Waals surface area contributed by atoms with Crippen molar-refractivity contribution in [1.82, 2.24) is 4.90 Å². The van der Waals surface area contributed by atoms with Crippen LogP contribution < -0.4 is 4.90 Å². The Bertz CT molecular complexity index is 502. The van der Waals surface area contributed by atoms with Crippen molar-refractivity contribution >= 4 is 29.1 Å². The van der Waals surface area contributed by atoms with E-state index in [4.69, 9.17) is 11.6 Å². The van der Waals surface area contributed by atoms with Crippen molar-refractivity contribution < 1.29 is 9.59 Å². The van der Waals surface area contributed by atoms with Gasteiger partial charge < -0.3 is 9.80 Å². The molecule has 0 unspecified atom stereocenters. The van der Waals surface area contributed by atoms with Crippen LogP contribution in [0, 0.1) is 6.92 Å². The third-order valence-corrected chi connectivity index (χ3v) is 3.56. The van der Waals surface area contributed by atoms with Crippen LogP contribution in [0.5, 0.6) is 0 Å². The van der Waals surface area contributed by atoms with Crippen molar-refractivity contribution in [3.05, 3.63) is 28.8 Å². The first-order valence-electron chi connectivity index (χ1n) is 5.91. The van der Waals surface area contributed by atoms with Crippen LogP contribution in [-0.4, -0.2) is 36.3 Å². The van der Waals surface area contributed by atoms with E-state index in [0.717, 1.165) is 5.56 Å². The van der Waals surface area contributed by atoms with E-state index in [2.05, 4.69) is 0 Å². The minimum absolute atomic E-state index is 0.444. The summed E-state index contributed by atoms with van der Waals surface area (Å²) in [5.74, 6) is -0.927. The van der Waals surface area contributed by atoms with Crippen LogP contribution in [0.15, 0.2) is 18.2 Å². The van der Waals surface area contributed by atoms with Gasteiger partial charge in [-0.2, -0.15) is 0 Å². The molecule has 0 saturated carbocycles. The van der Waals surface area contributed by atoms with Crippen molar-refractivity contribution in [2.24, 2.45) is 0 Å². The fourth-order valence-electron chi connectivity index (χ4n) is 1.97. The molecule has 0 atom stereocenters. The zero-order valence-corrected chi connectivity index (χ0v) is 11.2. The second-order valence-electron chi connectivity index (χ2n) is 4.28. The molecule has 1 aliphatic rings. The quantitative estimate of drug-likeness (QED) is 0.767. The molecule has 4 nitrogen and oxygen atoms in total. The zero-order chi connectivity index (χ0) is 13.3. The normalized spacial score (nSPS) is 16.4. The van der Waals surface area contributed by atoms with E-state index in [1.807, 2.05) is 26.0 Å². The third-order valence-electron chi connectivity index (χ3n) is 3.16. The third kappa shape index (κ3) is 2.20. The van der Waals surface area contributed by atoms with E-state index in [1.54, 1.807) is 11.0 Å². The fraction of sp³-hybridized carbons (Fsp3) is 0.385. The molecule has 1 aromatic rings. The number of hydrogen-bond acceptors (Lipinski definition) is 2. The van der Waals surface area contributed by atoms with Crippen LogP contribution in [0.3, 0.4) is 0 Å². The van der Waals surface area contributed by atoms with Gasteiger partial charge in [-0.25, -0.2) is 0 Å². The number of carbonyl (C=O) groups excluding carboxylic acids is 2. The Balaban J connectivity index is 2.27. The highest BCUT2D eigenvalue weighted by Gasteiger charge is 2.32. The molecule has 0 radical (unpaired) electrons. The molecule has 1 saturated heterocycles. The predicted molar refractivity (Wildman–Crippen MR) is 70.8 cm³/mol. The van der Waals surface area contributed by atoms with E-state index in [-0.39, 0.29) is 0 Å². The molecule has 0 aliphatic carbocycles. The molecule has 0 aromatic heterocycles. The summed E-state index contributed by atoms with van der Waals surface area (Å²) in [6.45, 7) is 5.40. The molecule has 5 heteroatoms. The highest BCUT2D eigenvalue weighted by atomic mass is 35.5. The van der Waals surface area contributed by atoms with Gasteiger partial charge in [-0.05, 0) is 31.5 Å². The maximum absolute atomic E-state index is 12.0. The number of rotatable bonds is 2. The summed E-state index contributed by atoms with van der Waals surface area (Å²) in [6, 6.07) is 5.39. The van der Waals surface area contributed by atoms with Crippen molar-refractivity contribution in [2.45, 2.75) is 13.8 Å². The fourth-order valence-corrected chi connectivity index (χ4v) is 2.15. The molecular weight excluding hydrogens is 252 g/mol. The van der Waals surface area contributed by atoms with E-state index in [0.29, 0.717) is 30.3 Å². The predicted octanol–water partition coefficient (Wildman–Crippen LogP) is 1.84. The van der Waals surface area contributed by atoms with Crippen LogP contribution in [0.2, 0.25) is 5.02 Å². The average Bonchev–Trinajstić information content (AvgIpc) is 2.36. The van der Waals surface area contributed by atoms with Crippen LogP contribution in [0.1, 0.15) is 12.5 Å². The summed E-state index contributed by atoms with van der Waals surface area (Å²) in [6.07, 6.45) is 0. The van der Waals surface area contributed by atoms with Gasteiger partial charge in [0.05, 0.1) is 0 Å². The molecule has 1 fully saturated rings. The highest BCUT2D eigenvalue weighted by molar-refractivity contribution is 6.41. The Morgan fingerprint density at radius 2 is 1.94 bits per heavy atom. The minimum Gasteiger partial charge on any atom is -0.333 e. The molecule has 1 heterocycles. The van der Waals surface area contributed by atoms with E-state index >= 15 is 0 Å². The van der Waals surface area contributed by atoms with E-state index < -0.39 is 11.8 Å². The molecule has 2 rings (SSSR count). The number of carbonyl (C=O) groups is 2. The topological polar surface area (TPSA) is 40.6 Å². The van der Waals surface area contributed by atoms with Gasteiger partial charge in [-0.1, -0.05) is 17.7 Å². The number of likely N-dealkylation sites (N-methyl/N-ethyl adjacent to an activating group) is 1. The van der Waals surface area contributed by atoms with Gasteiger partial charge in [0.2, 0.25) is 0 Å². The molecule has 0 spiro atoms. The lowest BCUT2D eigenvalue weighted by Crippen LogP contribution is -2.54. The lowest BCUT2D eigenvalue weighted by atomic mass is 10.2. The van der Waals surface area contributed by atoms with Crippen molar-refractivity contribution in [1.29, 1.82) is 0 Å². The number of aryl methyl sites for hydroxylation is 1. The molecule has 1 aliphatic heterocycles. The maximum atomic E-state index is 12.0. The van der Waals surface area contributed by atoms with Crippen LogP contribution in [-0.2, 0) is 9.59 Å². The monoisotopic (exact) mass is 266 g/mol. The molecule has 0 bridgehead atoms. The molecule has 1 aromatic carbocycles. The first-order valence-corrected chi connectivity index (χ1v) is 6.29. The molecule has 0 N–H and O–H groups in total. The van der Waals surface area contributed by atoms with Crippen LogP contribution in [0.4, 0.5) is 5.69 Å². The minimum atomic E-state index is -0.483. The number of piperazine rings is 1. The van der Waals surface area contributed by atoms with Gasteiger partial charge in [0.1, 0.15) is 0 Å². The smallest absolute Gasteiger partial charge is 0.316 e. The number of anilines is 1. The van der Waals surface area contributed by atoms with Gasteiger partial charge in [0, 0.05) is 30.3 Å². The van der Waals surface area contributed by atoms with E-state index in [1.165, 1.54) is 4.90 Å². The average molecular weight is 267 g/mol. The van der Waals surface area contributed by atoms with Crippen LogP contribution in [0.25, 0.3) is 0 Å². The number of nitrogens with zero attached hydrogens (tertiary/aromatic N) is 2. The lowest BCUT2D eigenvalue weighted by Gasteiger charge is -2.33. The summed E-state index contributed by atoms with van der Waals surface area (Å²) in [7, 11) is 0. The number of benzene rings is 1. The molecule has 2 amide bonds. The van der Waals surface area contributed by atoms with Crippen LogP contribution >= 0.6 is 11.6 Å². The Morgan fingerprint density at radius 3 is 2.56 bits per heavy atom. The Morgan fingerprint density at radius 1 is 1.22 bits per heavy atom. The zero-order valence-electron chi connectivity index (χ0n) is 10.4. The number of halogens is 1. The van der Waals surface area contributed by atoms with Crippen molar-refractivity contribution in [3.8, 4) is 0 Å². The summed E-state index contributed by atoms with van der Waals surface area (Å²) < 4.78 is 0. The van der Waals surface area contributed by atoms with E-state index in [9.17, 15) is 9.59 Å². The molecule has 96 valence electrons. The lowest BCUT2D eigenvalue weighted by molar-refractivity contribution is -0.146. The largest absolute Gasteiger partial charge is 0.333 e. The number of hydrogen-bond donors (Lipinski definition) is 0. The van der Waals surface area contributed by atoms with Gasteiger partial charge in [-0.3, -0.25) is 9.59 Å². The first-order chi connectivity index (χ1) is 8.54. The van der Waals surface area contributed by atoms with Gasteiger partial charge >= 0.3 is 11.8 Å². The Hall–Kier alpha value is -1.55. The van der Waals surface area contributed by atoms with Gasteiger partial charge in [0.25, 0.3) is 0 Å². The highest BCUT2D eigenvalue weighted by Crippen LogP contribution is 2.24. The summed E-state index contributed by atoms with van der Waals surface area (Å²) in [5, 5.41) is 0.602. The summed E-state index contributed by atoms with van der Waals surface area (Å²) in [5.41, 5.74) is 1.63. The molecular formula is C13H15ClN2O2. The summed E-state index contributed by atoms with van der Waals surface area (Å²) >= 11 is 6.04. The standard InChI is InChI=1S/C13H15ClN2O2/c1-3-15-6-7-16(13(18)12(15)17)10-5-4-9(2)11(14)8-10/h4-5,8H,3,6-7H2,1-2H3. The Labute approximate surface area is 111 Å². The second kappa shape index (κ2) is 4.98. The Kier molecular flexibility index (Phi) is 3.57. The summed E-state index contributed by atoms with van der Waals surface area (Å²) in [4.78, 5) is 26.8. The SMILES string of the molecule is CCN1CCN(c2ccc(C)c(Cl)c2)C(=O)C1=O. The van der Waals surface area contributed by atoms with Gasteiger partial charge in [-0.15, -0.1) is 0 Å². The van der Waals surface area contributed by atoms with Gasteiger partial charge in [0.15, 0.2) is 0 Å². The molecule has 18 heavy (non-hydrogen) atoms. The second-order valence-corrected chi connectivity index (χ2v) is 4.68. The maximum Gasteiger partial charge on any atom is 0.316 e.